The summed E-state index contributed by atoms with van der Waals surface area (Å²) in [7, 11) is 0. The van der Waals surface area contributed by atoms with Crippen LogP contribution in [0.5, 0.6) is 0 Å². The van der Waals surface area contributed by atoms with Gasteiger partial charge in [0.1, 0.15) is 0 Å². The van der Waals surface area contributed by atoms with Crippen LogP contribution in [0.15, 0.2) is 49.1 Å². The number of halogens is 2. The number of hydrogen-bond donors (Lipinski definition) is 0. The second-order valence-corrected chi connectivity index (χ2v) is 1.79. The minimum atomic E-state index is -2.46. The minimum Gasteiger partial charge on any atom is -0.205 e. The van der Waals surface area contributed by atoms with Crippen LogP contribution in [0.1, 0.15) is 0 Å². The maximum absolute atomic E-state index is 11.9. The van der Waals surface area contributed by atoms with Crippen LogP contribution in [0.3, 0.4) is 0 Å². The Labute approximate surface area is 65.2 Å². The van der Waals surface area contributed by atoms with Crippen LogP contribution in [0.2, 0.25) is 0 Å². The second-order valence-electron chi connectivity index (χ2n) is 1.79. The van der Waals surface area contributed by atoms with Gasteiger partial charge in [-0.2, -0.15) is 0 Å². The number of alkyl halides is 2. The Morgan fingerprint density at radius 3 is 2.18 bits per heavy atom. The van der Waals surface area contributed by atoms with Crippen LogP contribution >= 0.6 is 0 Å². The summed E-state index contributed by atoms with van der Waals surface area (Å²) >= 11 is 0. The molecule has 0 saturated heterocycles. The molecule has 0 radical (unpaired) electrons. The zero-order valence-corrected chi connectivity index (χ0v) is 6.13. The molecule has 0 aliphatic carbocycles. The molecule has 0 spiro atoms. The maximum Gasteiger partial charge on any atom is 0.263 e. The summed E-state index contributed by atoms with van der Waals surface area (Å²) in [5, 5.41) is 0. The van der Waals surface area contributed by atoms with Crippen LogP contribution in [0, 0.1) is 0 Å². The zero-order chi connectivity index (χ0) is 8.69. The molecule has 0 unspecified atom stereocenters. The van der Waals surface area contributed by atoms with E-state index in [0.29, 0.717) is 0 Å². The van der Waals surface area contributed by atoms with Crippen molar-refractivity contribution in [2.75, 3.05) is 0 Å². The molecule has 0 aromatic rings. The Hall–Kier alpha value is -1.18. The summed E-state index contributed by atoms with van der Waals surface area (Å²) in [5.41, 5.74) is -0.0805. The molecule has 0 nitrogen and oxygen atoms in total. The molecule has 60 valence electrons. The zero-order valence-electron chi connectivity index (χ0n) is 6.13. The van der Waals surface area contributed by atoms with Gasteiger partial charge in [-0.3, -0.25) is 0 Å². The van der Waals surface area contributed by atoms with Gasteiger partial charge in [0, 0.05) is 5.57 Å². The van der Waals surface area contributed by atoms with Gasteiger partial charge in [-0.25, -0.2) is 8.78 Å². The summed E-state index contributed by atoms with van der Waals surface area (Å²) in [6.45, 7) is 6.65. The van der Waals surface area contributed by atoms with E-state index in [2.05, 4.69) is 13.2 Å². The maximum atomic E-state index is 11.9. The highest BCUT2D eigenvalue weighted by molar-refractivity contribution is 5.25. The van der Waals surface area contributed by atoms with Crippen molar-refractivity contribution in [3.63, 3.8) is 0 Å². The van der Waals surface area contributed by atoms with Crippen LogP contribution < -0.4 is 0 Å². The first-order valence-corrected chi connectivity index (χ1v) is 3.12. The molecule has 0 rings (SSSR count). The molecule has 11 heavy (non-hydrogen) atoms. The molecule has 0 saturated carbocycles. The van der Waals surface area contributed by atoms with E-state index in [-0.39, 0.29) is 5.57 Å². The number of rotatable bonds is 4. The fourth-order valence-electron chi connectivity index (χ4n) is 0.475. The van der Waals surface area contributed by atoms with Crippen molar-refractivity contribution in [1.29, 1.82) is 0 Å². The highest BCUT2D eigenvalue weighted by atomic mass is 19.3. The molecule has 0 aromatic heterocycles. The van der Waals surface area contributed by atoms with Crippen LogP contribution in [-0.4, -0.2) is 6.43 Å². The largest absolute Gasteiger partial charge is 0.263 e. The first-order valence-electron chi connectivity index (χ1n) is 3.12. The van der Waals surface area contributed by atoms with E-state index < -0.39 is 6.43 Å². The topological polar surface area (TPSA) is 0 Å². The van der Waals surface area contributed by atoms with Crippen LogP contribution in [0.25, 0.3) is 0 Å². The summed E-state index contributed by atoms with van der Waals surface area (Å²) in [6, 6.07) is 0. The van der Waals surface area contributed by atoms with E-state index in [1.165, 1.54) is 18.2 Å². The van der Waals surface area contributed by atoms with E-state index in [1.54, 1.807) is 6.08 Å². The second kappa shape index (κ2) is 5.59. The van der Waals surface area contributed by atoms with Gasteiger partial charge in [0.05, 0.1) is 0 Å². The molecule has 0 atom stereocenters. The third kappa shape index (κ3) is 4.25. The SMILES string of the molecule is C=CC=CC=C(C=C)C(F)F. The van der Waals surface area contributed by atoms with Crippen molar-refractivity contribution in [2.24, 2.45) is 0 Å². The van der Waals surface area contributed by atoms with Crippen molar-refractivity contribution in [2.45, 2.75) is 6.43 Å². The van der Waals surface area contributed by atoms with E-state index >= 15 is 0 Å². The predicted molar refractivity (Wildman–Crippen MR) is 43.6 cm³/mol. The van der Waals surface area contributed by atoms with Gasteiger partial charge in [-0.15, -0.1) is 0 Å². The quantitative estimate of drug-likeness (QED) is 0.548. The molecule has 0 aliphatic rings. The summed E-state index contributed by atoms with van der Waals surface area (Å²) in [6.07, 6.45) is 4.57. The lowest BCUT2D eigenvalue weighted by Crippen LogP contribution is -1.91. The summed E-state index contributed by atoms with van der Waals surface area (Å²) in [5.74, 6) is 0. The molecule has 0 fully saturated rings. The van der Waals surface area contributed by atoms with E-state index in [0.717, 1.165) is 6.08 Å². The average Bonchev–Trinajstić information content (AvgIpc) is 1.97. The van der Waals surface area contributed by atoms with Gasteiger partial charge in [0.2, 0.25) is 0 Å². The Morgan fingerprint density at radius 1 is 1.18 bits per heavy atom. The normalized spacial score (nSPS) is 12.5. The van der Waals surface area contributed by atoms with Gasteiger partial charge >= 0.3 is 0 Å². The summed E-state index contributed by atoms with van der Waals surface area (Å²) in [4.78, 5) is 0. The minimum absolute atomic E-state index is 0.0805. The molecule has 0 bridgehead atoms. The Kier molecular flexibility index (Phi) is 4.99. The molecule has 0 heterocycles. The third-order valence-electron chi connectivity index (χ3n) is 1.02. The average molecular weight is 156 g/mol. The fourth-order valence-corrected chi connectivity index (χ4v) is 0.475. The summed E-state index contributed by atoms with van der Waals surface area (Å²) < 4.78 is 23.9. The van der Waals surface area contributed by atoms with E-state index in [1.807, 2.05) is 0 Å². The Morgan fingerprint density at radius 2 is 1.82 bits per heavy atom. The van der Waals surface area contributed by atoms with Gasteiger partial charge in [-0.05, 0) is 0 Å². The molecule has 2 heteroatoms. The van der Waals surface area contributed by atoms with Crippen molar-refractivity contribution in [3.05, 3.63) is 49.1 Å². The van der Waals surface area contributed by atoms with Crippen molar-refractivity contribution in [3.8, 4) is 0 Å². The highest BCUT2D eigenvalue weighted by Crippen LogP contribution is 2.08. The third-order valence-corrected chi connectivity index (χ3v) is 1.02. The lowest BCUT2D eigenvalue weighted by Gasteiger charge is -1.95. The van der Waals surface area contributed by atoms with E-state index in [4.69, 9.17) is 0 Å². The van der Waals surface area contributed by atoms with Gasteiger partial charge in [-0.1, -0.05) is 43.5 Å². The van der Waals surface area contributed by atoms with Crippen LogP contribution in [0.4, 0.5) is 8.78 Å². The lowest BCUT2D eigenvalue weighted by molar-refractivity contribution is 0.194. The molecule has 0 amide bonds. The van der Waals surface area contributed by atoms with Crippen LogP contribution in [-0.2, 0) is 0 Å². The monoisotopic (exact) mass is 156 g/mol. The molecule has 0 aliphatic heterocycles. The molecule has 0 aromatic carbocycles. The van der Waals surface area contributed by atoms with Gasteiger partial charge in [0.25, 0.3) is 6.43 Å². The smallest absolute Gasteiger partial charge is 0.205 e. The Bertz CT molecular complexity index is 188. The standard InChI is InChI=1S/C9H10F2/c1-3-5-6-7-8(4-2)9(10)11/h3-7,9H,1-2H2. The highest BCUT2D eigenvalue weighted by Gasteiger charge is 2.03. The number of hydrogen-bond acceptors (Lipinski definition) is 0. The molecular formula is C9H10F2. The first kappa shape index (κ1) is 9.82. The Balaban J connectivity index is 4.23. The molecule has 0 N–H and O–H groups in total. The lowest BCUT2D eigenvalue weighted by atomic mass is 10.2. The van der Waals surface area contributed by atoms with Crippen molar-refractivity contribution < 1.29 is 8.78 Å². The van der Waals surface area contributed by atoms with Gasteiger partial charge in [0.15, 0.2) is 0 Å². The fraction of sp³-hybridized carbons (Fsp3) is 0.111. The molecular weight excluding hydrogens is 146 g/mol. The predicted octanol–water partition coefficient (Wildman–Crippen LogP) is 3.11. The van der Waals surface area contributed by atoms with Crippen molar-refractivity contribution >= 4 is 0 Å². The van der Waals surface area contributed by atoms with E-state index in [9.17, 15) is 8.78 Å². The first-order chi connectivity index (χ1) is 5.22. The van der Waals surface area contributed by atoms with Gasteiger partial charge < -0.3 is 0 Å². The van der Waals surface area contributed by atoms with Crippen molar-refractivity contribution in [1.82, 2.24) is 0 Å². The number of allylic oxidation sites excluding steroid dienone is 6.